The highest BCUT2D eigenvalue weighted by Gasteiger charge is 2.48. The van der Waals surface area contributed by atoms with Gasteiger partial charge in [0.2, 0.25) is 0 Å². The van der Waals surface area contributed by atoms with Crippen molar-refractivity contribution >= 4 is 11.7 Å². The van der Waals surface area contributed by atoms with Crippen molar-refractivity contribution in [2.75, 3.05) is 37.6 Å². The molecule has 0 amide bonds. The van der Waals surface area contributed by atoms with E-state index in [-0.39, 0.29) is 17.5 Å². The molecule has 0 N–H and O–H groups in total. The molecule has 0 bridgehead atoms. The first-order valence-corrected chi connectivity index (χ1v) is 10.4. The van der Waals surface area contributed by atoms with Crippen LogP contribution in [0.3, 0.4) is 0 Å². The third kappa shape index (κ3) is 3.75. The topological polar surface area (TPSA) is 32.8 Å². The van der Waals surface area contributed by atoms with Gasteiger partial charge in [0, 0.05) is 44.8 Å². The van der Waals surface area contributed by atoms with Gasteiger partial charge in [-0.15, -0.1) is 0 Å². The number of benzene rings is 1. The quantitative estimate of drug-likeness (QED) is 0.769. The maximum atomic E-state index is 12.4. The van der Waals surface area contributed by atoms with Crippen LogP contribution in [-0.2, 0) is 9.53 Å². The van der Waals surface area contributed by atoms with Crippen molar-refractivity contribution in [1.82, 2.24) is 4.90 Å². The molecule has 4 nitrogen and oxygen atoms in total. The van der Waals surface area contributed by atoms with Gasteiger partial charge < -0.3 is 9.64 Å². The number of aryl methyl sites for hydroxylation is 1. The van der Waals surface area contributed by atoms with E-state index in [1.165, 1.54) is 30.5 Å². The molecular weight excluding hydrogens is 324 g/mol. The van der Waals surface area contributed by atoms with Gasteiger partial charge in [-0.05, 0) is 38.3 Å². The van der Waals surface area contributed by atoms with Crippen molar-refractivity contribution in [1.29, 1.82) is 0 Å². The van der Waals surface area contributed by atoms with Gasteiger partial charge in [0.05, 0.1) is 5.41 Å². The number of hydrogen-bond donors (Lipinski definition) is 0. The first-order valence-electron chi connectivity index (χ1n) is 10.4. The van der Waals surface area contributed by atoms with E-state index in [0.717, 1.165) is 58.4 Å². The molecule has 3 fully saturated rings. The summed E-state index contributed by atoms with van der Waals surface area (Å²) in [6.45, 7) is 7.54. The molecule has 3 aliphatic rings. The molecule has 4 heteroatoms. The van der Waals surface area contributed by atoms with E-state index in [1.54, 1.807) is 0 Å². The molecule has 2 heterocycles. The highest BCUT2D eigenvalue weighted by Crippen LogP contribution is 2.46. The van der Waals surface area contributed by atoms with Gasteiger partial charge in [0.15, 0.2) is 0 Å². The fraction of sp³-hybridized carbons (Fsp3) is 0.682. The van der Waals surface area contributed by atoms with Gasteiger partial charge in [-0.2, -0.15) is 0 Å². The van der Waals surface area contributed by atoms with Crippen LogP contribution in [0, 0.1) is 12.3 Å². The maximum absolute atomic E-state index is 12.4. The summed E-state index contributed by atoms with van der Waals surface area (Å²) < 4.78 is 5.77. The van der Waals surface area contributed by atoms with E-state index >= 15 is 0 Å². The van der Waals surface area contributed by atoms with Crippen LogP contribution >= 0.6 is 0 Å². The number of rotatable bonds is 4. The third-order valence-corrected chi connectivity index (χ3v) is 6.67. The van der Waals surface area contributed by atoms with Crippen LogP contribution in [0.2, 0.25) is 0 Å². The van der Waals surface area contributed by atoms with Crippen LogP contribution in [-0.4, -0.2) is 49.7 Å². The van der Waals surface area contributed by atoms with E-state index in [0.29, 0.717) is 0 Å². The molecule has 26 heavy (non-hydrogen) atoms. The van der Waals surface area contributed by atoms with Crippen molar-refractivity contribution in [3.8, 4) is 0 Å². The zero-order chi connectivity index (χ0) is 18.0. The lowest BCUT2D eigenvalue weighted by Crippen LogP contribution is -2.47. The molecule has 142 valence electrons. The lowest BCUT2D eigenvalue weighted by atomic mass is 9.72. The Morgan fingerprint density at radius 2 is 1.73 bits per heavy atom. The molecule has 1 saturated carbocycles. The molecule has 2 aliphatic heterocycles. The number of carbonyl (C=O) groups is 1. The van der Waals surface area contributed by atoms with Crippen molar-refractivity contribution in [2.24, 2.45) is 5.41 Å². The first-order chi connectivity index (χ1) is 12.6. The minimum absolute atomic E-state index is 0.103. The van der Waals surface area contributed by atoms with E-state index in [2.05, 4.69) is 41.0 Å². The Labute approximate surface area is 157 Å². The number of carbonyl (C=O) groups excluding carboxylic acids is 1. The SMILES string of the molecule is Cc1ccc(N2CCN(CC[C@H]3CC4(CCCCC4)C(=O)O3)CC2)cc1. The largest absolute Gasteiger partial charge is 0.462 e. The molecule has 1 aromatic carbocycles. The minimum Gasteiger partial charge on any atom is -0.462 e. The zero-order valence-corrected chi connectivity index (χ0v) is 16.1. The molecule has 1 atom stereocenters. The number of piperazine rings is 1. The number of ether oxygens (including phenoxy) is 1. The third-order valence-electron chi connectivity index (χ3n) is 6.67. The standard InChI is InChI=1S/C22H32N2O2/c1-18-5-7-19(8-6-18)24-15-13-23(14-16-24)12-9-20-17-22(21(25)26-20)10-3-2-4-11-22/h5-8,20H,2-4,9-17H2,1H3/t20-/m0/s1. The van der Waals surface area contributed by atoms with Gasteiger partial charge in [-0.1, -0.05) is 37.0 Å². The van der Waals surface area contributed by atoms with Crippen LogP contribution in [0.15, 0.2) is 24.3 Å². The van der Waals surface area contributed by atoms with Gasteiger partial charge in [0.1, 0.15) is 6.10 Å². The summed E-state index contributed by atoms with van der Waals surface area (Å²) in [7, 11) is 0. The van der Waals surface area contributed by atoms with E-state index < -0.39 is 0 Å². The predicted molar refractivity (Wildman–Crippen MR) is 104 cm³/mol. The number of cyclic esters (lactones) is 1. The fourth-order valence-corrected chi connectivity index (χ4v) is 4.95. The summed E-state index contributed by atoms with van der Waals surface area (Å²) in [5.74, 6) is 0.103. The summed E-state index contributed by atoms with van der Waals surface area (Å²) in [5.41, 5.74) is 2.53. The second-order valence-electron chi connectivity index (χ2n) is 8.53. The van der Waals surface area contributed by atoms with E-state index in [4.69, 9.17) is 4.74 Å². The number of nitrogens with zero attached hydrogens (tertiary/aromatic N) is 2. The van der Waals surface area contributed by atoms with Gasteiger partial charge in [-0.25, -0.2) is 0 Å². The predicted octanol–water partition coefficient (Wildman–Crippen LogP) is 3.77. The molecule has 1 aromatic rings. The average molecular weight is 357 g/mol. The molecule has 1 aliphatic carbocycles. The first kappa shape index (κ1) is 17.8. The molecular formula is C22H32N2O2. The average Bonchev–Trinajstić information content (AvgIpc) is 2.97. The second kappa shape index (κ2) is 7.59. The molecule has 0 radical (unpaired) electrons. The molecule has 1 spiro atoms. The van der Waals surface area contributed by atoms with Gasteiger partial charge in [0.25, 0.3) is 0 Å². The summed E-state index contributed by atoms with van der Waals surface area (Å²) in [5, 5.41) is 0. The van der Waals surface area contributed by atoms with Crippen molar-refractivity contribution in [3.05, 3.63) is 29.8 Å². The number of anilines is 1. The van der Waals surface area contributed by atoms with Crippen molar-refractivity contribution in [3.63, 3.8) is 0 Å². The van der Waals surface area contributed by atoms with Gasteiger partial charge in [-0.3, -0.25) is 9.69 Å². The Hall–Kier alpha value is -1.55. The van der Waals surface area contributed by atoms with Crippen LogP contribution in [0.5, 0.6) is 0 Å². The van der Waals surface area contributed by atoms with Crippen LogP contribution in [0.4, 0.5) is 5.69 Å². The lowest BCUT2D eigenvalue weighted by Gasteiger charge is -2.36. The summed E-state index contributed by atoms with van der Waals surface area (Å²) in [6.07, 6.45) is 7.90. The Morgan fingerprint density at radius 1 is 1.04 bits per heavy atom. The smallest absolute Gasteiger partial charge is 0.312 e. The Bertz CT molecular complexity index is 614. The number of hydrogen-bond acceptors (Lipinski definition) is 4. The summed E-state index contributed by atoms with van der Waals surface area (Å²) in [6, 6.07) is 8.84. The highest BCUT2D eigenvalue weighted by atomic mass is 16.6. The molecule has 4 rings (SSSR count). The Morgan fingerprint density at radius 3 is 2.42 bits per heavy atom. The van der Waals surface area contributed by atoms with E-state index in [1.807, 2.05) is 0 Å². The van der Waals surface area contributed by atoms with Gasteiger partial charge >= 0.3 is 5.97 Å². The molecule has 2 saturated heterocycles. The van der Waals surface area contributed by atoms with Crippen LogP contribution < -0.4 is 4.90 Å². The van der Waals surface area contributed by atoms with Crippen molar-refractivity contribution in [2.45, 2.75) is 58.0 Å². The summed E-state index contributed by atoms with van der Waals surface area (Å²) in [4.78, 5) is 17.4. The van der Waals surface area contributed by atoms with Crippen LogP contribution in [0.25, 0.3) is 0 Å². The van der Waals surface area contributed by atoms with Crippen LogP contribution in [0.1, 0.15) is 50.5 Å². The molecule has 0 unspecified atom stereocenters. The maximum Gasteiger partial charge on any atom is 0.312 e. The normalized spacial score (nSPS) is 26.3. The Kier molecular flexibility index (Phi) is 5.21. The Balaban J connectivity index is 1.23. The zero-order valence-electron chi connectivity index (χ0n) is 16.1. The fourth-order valence-electron chi connectivity index (χ4n) is 4.95. The monoisotopic (exact) mass is 356 g/mol. The minimum atomic E-state index is -0.118. The number of esters is 1. The molecule has 0 aromatic heterocycles. The lowest BCUT2D eigenvalue weighted by molar-refractivity contribution is -0.150. The second-order valence-corrected chi connectivity index (χ2v) is 8.53. The highest BCUT2D eigenvalue weighted by molar-refractivity contribution is 5.79. The summed E-state index contributed by atoms with van der Waals surface area (Å²) >= 11 is 0. The van der Waals surface area contributed by atoms with Crippen molar-refractivity contribution < 1.29 is 9.53 Å². The van der Waals surface area contributed by atoms with E-state index in [9.17, 15) is 4.79 Å².